The minimum atomic E-state index is -0.672. The molecule has 0 amide bonds. The number of phenolic OH excluding ortho intramolecular Hbond substituents is 2. The van der Waals surface area contributed by atoms with Gasteiger partial charge in [0.15, 0.2) is 21.0 Å². The van der Waals surface area contributed by atoms with Crippen molar-refractivity contribution in [3.05, 3.63) is 41.9 Å². The van der Waals surface area contributed by atoms with E-state index in [1.807, 2.05) is 0 Å². The second-order valence-corrected chi connectivity index (χ2v) is 8.57. The fourth-order valence-corrected chi connectivity index (χ4v) is 5.13. The van der Waals surface area contributed by atoms with E-state index in [4.69, 9.17) is 24.4 Å². The highest BCUT2D eigenvalue weighted by molar-refractivity contribution is 7.71. The van der Waals surface area contributed by atoms with Gasteiger partial charge in [-0.2, -0.15) is 0 Å². The average Bonchev–Trinajstić information content (AvgIpc) is 2.80. The van der Waals surface area contributed by atoms with Crippen molar-refractivity contribution in [2.75, 3.05) is 0 Å². The van der Waals surface area contributed by atoms with E-state index in [1.54, 1.807) is 27.7 Å². The lowest BCUT2D eigenvalue weighted by atomic mass is 9.92. The number of hydrogen-bond acceptors (Lipinski definition) is 8. The summed E-state index contributed by atoms with van der Waals surface area (Å²) in [7, 11) is 0. The van der Waals surface area contributed by atoms with Crippen molar-refractivity contribution in [1.82, 2.24) is 18.3 Å². The van der Waals surface area contributed by atoms with Crippen molar-refractivity contribution in [2.24, 2.45) is 0 Å². The molecule has 2 aromatic heterocycles. The van der Waals surface area contributed by atoms with Crippen molar-refractivity contribution in [2.45, 2.75) is 60.8 Å². The summed E-state index contributed by atoms with van der Waals surface area (Å²) < 4.78 is 5.50. The van der Waals surface area contributed by atoms with Crippen LogP contribution in [0.3, 0.4) is 0 Å². The zero-order chi connectivity index (χ0) is 26.4. The lowest BCUT2D eigenvalue weighted by molar-refractivity contribution is 0.396. The quantitative estimate of drug-likeness (QED) is 0.286. The molecule has 0 aliphatic heterocycles. The van der Waals surface area contributed by atoms with Crippen LogP contribution in [-0.2, 0) is 26.2 Å². The number of nitrogens with zero attached hydrogens (tertiary/aromatic N) is 4. The summed E-state index contributed by atoms with van der Waals surface area (Å²) in [4.78, 5) is 26.7. The molecule has 4 N–H and O–H groups in total. The first-order chi connectivity index (χ1) is 16.5. The number of rotatable bonds is 6. The Hall–Kier alpha value is -3.38. The molecule has 35 heavy (non-hydrogen) atoms. The zero-order valence-corrected chi connectivity index (χ0v) is 21.7. The predicted molar refractivity (Wildman–Crippen MR) is 138 cm³/mol. The fraction of sp³-hybridized carbons (Fsp3) is 0.391. The van der Waals surface area contributed by atoms with Crippen molar-refractivity contribution in [3.63, 3.8) is 0 Å². The molecule has 12 heteroatoms. The molecule has 0 saturated carbocycles. The molecular weight excluding hydrogens is 492 g/mol. The first-order valence-corrected chi connectivity index (χ1v) is 12.0. The second kappa shape index (κ2) is 9.70. The zero-order valence-electron chi connectivity index (χ0n) is 20.1. The van der Waals surface area contributed by atoms with Crippen LogP contribution >= 0.6 is 24.4 Å². The minimum Gasteiger partial charge on any atom is -0.504 e. The summed E-state index contributed by atoms with van der Waals surface area (Å²) in [6.07, 6.45) is 0. The van der Waals surface area contributed by atoms with Gasteiger partial charge in [0.25, 0.3) is 11.1 Å². The average molecular weight is 521 g/mol. The third kappa shape index (κ3) is 3.86. The Morgan fingerprint density at radius 2 is 1.09 bits per heavy atom. The molecule has 0 saturated heterocycles. The molecule has 188 valence electrons. The monoisotopic (exact) mass is 520 g/mol. The molecule has 0 radical (unpaired) electrons. The maximum Gasteiger partial charge on any atom is 0.266 e. The maximum atomic E-state index is 13.4. The van der Waals surface area contributed by atoms with E-state index >= 15 is 0 Å². The van der Waals surface area contributed by atoms with Crippen LogP contribution < -0.4 is 11.1 Å². The molecule has 0 fully saturated rings. The van der Waals surface area contributed by atoms with Crippen LogP contribution in [0.2, 0.25) is 0 Å². The van der Waals surface area contributed by atoms with Crippen LogP contribution in [0.15, 0.2) is 15.7 Å². The standard InChI is InChI=1S/C23H28N4O6S2/c1-6-24-18(30)15(19(31)25(7-2)22(24)34)12-10-13(28)17(29)14(11(12)5)16-20(32)26(8-3)23(35)27(9-4)21(16)33/h10,28-30,32H,6-9H2,1-5H3. The van der Waals surface area contributed by atoms with E-state index in [2.05, 4.69) is 0 Å². The van der Waals surface area contributed by atoms with E-state index in [9.17, 15) is 30.0 Å². The third-order valence-electron chi connectivity index (χ3n) is 6.12. The molecule has 10 nitrogen and oxygen atoms in total. The van der Waals surface area contributed by atoms with Crippen molar-refractivity contribution < 1.29 is 20.4 Å². The van der Waals surface area contributed by atoms with Crippen molar-refractivity contribution >= 4 is 24.4 Å². The van der Waals surface area contributed by atoms with Crippen LogP contribution in [-0.4, -0.2) is 38.7 Å². The van der Waals surface area contributed by atoms with Gasteiger partial charge in [-0.25, -0.2) is 0 Å². The third-order valence-corrected chi connectivity index (χ3v) is 7.01. The van der Waals surface area contributed by atoms with E-state index in [1.165, 1.54) is 25.2 Å². The van der Waals surface area contributed by atoms with Crippen LogP contribution in [0, 0.1) is 16.5 Å². The molecule has 0 aliphatic carbocycles. The maximum absolute atomic E-state index is 13.4. The van der Waals surface area contributed by atoms with Gasteiger partial charge in [0.2, 0.25) is 11.8 Å². The molecule has 0 aliphatic rings. The van der Waals surface area contributed by atoms with E-state index in [0.717, 1.165) is 6.07 Å². The first-order valence-electron chi connectivity index (χ1n) is 11.2. The minimum absolute atomic E-state index is 0.0737. The van der Waals surface area contributed by atoms with E-state index in [-0.39, 0.29) is 63.5 Å². The highest BCUT2D eigenvalue weighted by atomic mass is 32.1. The van der Waals surface area contributed by atoms with Crippen LogP contribution in [0.4, 0.5) is 0 Å². The molecule has 0 unspecified atom stereocenters. The molecule has 1 aromatic carbocycles. The van der Waals surface area contributed by atoms with E-state index in [0.29, 0.717) is 0 Å². The smallest absolute Gasteiger partial charge is 0.266 e. The van der Waals surface area contributed by atoms with E-state index < -0.39 is 34.4 Å². The summed E-state index contributed by atoms with van der Waals surface area (Å²) in [6, 6.07) is 1.14. The van der Waals surface area contributed by atoms with Gasteiger partial charge in [-0.05, 0) is 70.7 Å². The Morgan fingerprint density at radius 1 is 0.686 bits per heavy atom. The molecule has 3 aromatic rings. The number of phenols is 2. The van der Waals surface area contributed by atoms with Crippen molar-refractivity contribution in [1.29, 1.82) is 0 Å². The lowest BCUT2D eigenvalue weighted by Crippen LogP contribution is -2.27. The lowest BCUT2D eigenvalue weighted by Gasteiger charge is -2.21. The number of aromatic nitrogens is 4. The topological polar surface area (TPSA) is 135 Å². The van der Waals surface area contributed by atoms with Crippen LogP contribution in [0.25, 0.3) is 22.3 Å². The molecular formula is C23H28N4O6S2. The van der Waals surface area contributed by atoms with Gasteiger partial charge >= 0.3 is 0 Å². The summed E-state index contributed by atoms with van der Waals surface area (Å²) in [6.45, 7) is 9.39. The highest BCUT2D eigenvalue weighted by Gasteiger charge is 2.28. The largest absolute Gasteiger partial charge is 0.504 e. The molecule has 0 bridgehead atoms. The van der Waals surface area contributed by atoms with Crippen molar-refractivity contribution in [3.8, 4) is 45.5 Å². The Bertz CT molecular complexity index is 1580. The SMILES string of the molecule is CCn1c(O)c(-c2cc(O)c(O)c(-c3c(O)n(CC)c(=S)n(CC)c3=O)c2C)c(=O)n(CC)c1=S. The van der Waals surface area contributed by atoms with Gasteiger partial charge in [-0.1, -0.05) is 0 Å². The second-order valence-electron chi connectivity index (χ2n) is 7.84. The first kappa shape index (κ1) is 26.2. The summed E-state index contributed by atoms with van der Waals surface area (Å²) in [5.41, 5.74) is -1.63. The fourth-order valence-electron chi connectivity index (χ4n) is 4.28. The predicted octanol–water partition coefficient (Wildman–Crippen LogP) is 3.62. The van der Waals surface area contributed by atoms with Gasteiger partial charge in [-0.3, -0.25) is 27.9 Å². The highest BCUT2D eigenvalue weighted by Crippen LogP contribution is 2.46. The number of hydrogen-bond donors (Lipinski definition) is 4. The van der Waals surface area contributed by atoms with Gasteiger partial charge in [-0.15, -0.1) is 0 Å². The Morgan fingerprint density at radius 3 is 1.51 bits per heavy atom. The van der Waals surface area contributed by atoms with Gasteiger partial charge < -0.3 is 20.4 Å². The Labute approximate surface area is 211 Å². The summed E-state index contributed by atoms with van der Waals surface area (Å²) in [5.74, 6) is -2.19. The summed E-state index contributed by atoms with van der Waals surface area (Å²) in [5, 5.41) is 43.4. The van der Waals surface area contributed by atoms with Crippen LogP contribution in [0.1, 0.15) is 33.3 Å². The Kier molecular flexibility index (Phi) is 7.27. The van der Waals surface area contributed by atoms with Gasteiger partial charge in [0.1, 0.15) is 11.1 Å². The summed E-state index contributed by atoms with van der Waals surface area (Å²) >= 11 is 10.7. The normalized spacial score (nSPS) is 11.2. The molecule has 0 spiro atoms. The molecule has 0 atom stereocenters. The Balaban J connectivity index is 2.60. The number of aromatic hydroxyl groups is 4. The van der Waals surface area contributed by atoms with Gasteiger partial charge in [0, 0.05) is 37.3 Å². The molecule has 2 heterocycles. The van der Waals surface area contributed by atoms with Crippen LogP contribution in [0.5, 0.6) is 23.3 Å². The molecule has 3 rings (SSSR count). The van der Waals surface area contributed by atoms with Gasteiger partial charge in [0.05, 0.1) is 0 Å². The number of benzene rings is 1.